The summed E-state index contributed by atoms with van der Waals surface area (Å²) in [6.45, 7) is 3.79. The van der Waals surface area contributed by atoms with Crippen molar-refractivity contribution in [3.8, 4) is 0 Å². The number of phosphoric acid groups is 1. The van der Waals surface area contributed by atoms with Crippen LogP contribution >= 0.6 is 7.82 Å². The van der Waals surface area contributed by atoms with E-state index in [2.05, 4.69) is 26.0 Å². The van der Waals surface area contributed by atoms with Crippen molar-refractivity contribution in [2.24, 2.45) is 5.73 Å². The second-order valence-corrected chi connectivity index (χ2v) is 19.2. The summed E-state index contributed by atoms with van der Waals surface area (Å²) >= 11 is 0. The van der Waals surface area contributed by atoms with Crippen molar-refractivity contribution in [3.63, 3.8) is 0 Å². The quantitative estimate of drug-likeness (QED) is 0.0265. The molecule has 0 radical (unpaired) electrons. The molecule has 0 aromatic rings. The summed E-state index contributed by atoms with van der Waals surface area (Å²) in [6.07, 6.45) is 52.5. The summed E-state index contributed by atoms with van der Waals surface area (Å²) in [6, 6.07) is 0. The van der Waals surface area contributed by atoms with Crippen LogP contribution in [0.15, 0.2) is 12.2 Å². The summed E-state index contributed by atoms with van der Waals surface area (Å²) in [4.78, 5) is 35.1. The van der Waals surface area contributed by atoms with E-state index in [9.17, 15) is 19.0 Å². The van der Waals surface area contributed by atoms with Crippen LogP contribution in [-0.2, 0) is 32.7 Å². The molecular formula is C51H100NO8P. The molecule has 0 saturated carbocycles. The molecule has 3 N–H and O–H groups in total. The Morgan fingerprint density at radius 3 is 1.16 bits per heavy atom. The molecule has 0 saturated heterocycles. The van der Waals surface area contributed by atoms with Gasteiger partial charge in [-0.05, 0) is 38.5 Å². The van der Waals surface area contributed by atoms with E-state index in [1.54, 1.807) is 0 Å². The molecule has 2 unspecified atom stereocenters. The molecule has 0 spiro atoms. The topological polar surface area (TPSA) is 134 Å². The molecule has 0 aromatic heterocycles. The van der Waals surface area contributed by atoms with Crippen LogP contribution in [0.25, 0.3) is 0 Å². The van der Waals surface area contributed by atoms with Gasteiger partial charge in [0, 0.05) is 19.4 Å². The van der Waals surface area contributed by atoms with Gasteiger partial charge < -0.3 is 20.1 Å². The first-order valence-corrected chi connectivity index (χ1v) is 27.7. The molecule has 0 aliphatic rings. The molecule has 61 heavy (non-hydrogen) atoms. The van der Waals surface area contributed by atoms with Crippen LogP contribution < -0.4 is 5.73 Å². The normalized spacial score (nSPS) is 13.2. The zero-order chi connectivity index (χ0) is 44.6. The molecule has 0 aliphatic heterocycles. The van der Waals surface area contributed by atoms with Gasteiger partial charge in [-0.2, -0.15) is 0 Å². The molecule has 0 bridgehead atoms. The van der Waals surface area contributed by atoms with Gasteiger partial charge in [-0.25, -0.2) is 4.57 Å². The third kappa shape index (κ3) is 48.1. The van der Waals surface area contributed by atoms with Gasteiger partial charge in [0.15, 0.2) is 6.10 Å². The summed E-state index contributed by atoms with van der Waals surface area (Å²) in [5.41, 5.74) is 5.37. The standard InChI is InChI=1S/C51H100NO8P/c1-3-5-7-9-11-13-15-17-19-21-23-24-26-27-29-31-33-35-37-39-41-43-50(53)57-47-49(48-59-61(55,56)58-46-45-52)60-51(54)44-42-40-38-36-34-32-30-28-25-22-20-18-16-14-12-10-8-6-4-2/h18,20,49H,3-17,19,21-48,52H2,1-2H3,(H,55,56). The van der Waals surface area contributed by atoms with Crippen molar-refractivity contribution >= 4 is 19.8 Å². The zero-order valence-corrected chi connectivity index (χ0v) is 41.1. The Labute approximate surface area is 377 Å². The predicted molar refractivity (Wildman–Crippen MR) is 257 cm³/mol. The number of esters is 2. The molecule has 9 nitrogen and oxygen atoms in total. The number of hydrogen-bond acceptors (Lipinski definition) is 8. The number of ether oxygens (including phenoxy) is 2. The highest BCUT2D eigenvalue weighted by molar-refractivity contribution is 7.47. The fraction of sp³-hybridized carbons (Fsp3) is 0.922. The number of allylic oxidation sites excluding steroid dienone is 2. The monoisotopic (exact) mass is 886 g/mol. The van der Waals surface area contributed by atoms with E-state index >= 15 is 0 Å². The molecule has 0 fully saturated rings. The maximum Gasteiger partial charge on any atom is 0.472 e. The number of rotatable bonds is 50. The first-order chi connectivity index (χ1) is 29.8. The Kier molecular flexibility index (Phi) is 47.2. The maximum atomic E-state index is 12.6. The summed E-state index contributed by atoms with van der Waals surface area (Å²) < 4.78 is 33.0. The molecular weight excluding hydrogens is 786 g/mol. The van der Waals surface area contributed by atoms with Crippen molar-refractivity contribution in [1.29, 1.82) is 0 Å². The van der Waals surface area contributed by atoms with Gasteiger partial charge in [0.2, 0.25) is 0 Å². The number of phosphoric ester groups is 1. The van der Waals surface area contributed by atoms with Crippen LogP contribution in [0.4, 0.5) is 0 Å². The fourth-order valence-corrected chi connectivity index (χ4v) is 8.52. The summed E-state index contributed by atoms with van der Waals surface area (Å²) in [5, 5.41) is 0. The molecule has 0 heterocycles. The molecule has 0 aromatic carbocycles. The zero-order valence-electron chi connectivity index (χ0n) is 40.2. The number of carbonyl (C=O) groups excluding carboxylic acids is 2. The first-order valence-electron chi connectivity index (χ1n) is 26.2. The lowest BCUT2D eigenvalue weighted by Gasteiger charge is -2.19. The molecule has 362 valence electrons. The maximum absolute atomic E-state index is 12.6. The van der Waals surface area contributed by atoms with E-state index < -0.39 is 26.5 Å². The van der Waals surface area contributed by atoms with Gasteiger partial charge in [0.05, 0.1) is 13.2 Å². The largest absolute Gasteiger partial charge is 0.472 e. The van der Waals surface area contributed by atoms with Crippen LogP contribution in [0.5, 0.6) is 0 Å². The van der Waals surface area contributed by atoms with Crippen LogP contribution in [0, 0.1) is 0 Å². The lowest BCUT2D eigenvalue weighted by atomic mass is 10.0. The lowest BCUT2D eigenvalue weighted by molar-refractivity contribution is -0.161. The van der Waals surface area contributed by atoms with E-state index in [4.69, 9.17) is 24.3 Å². The van der Waals surface area contributed by atoms with Crippen molar-refractivity contribution in [1.82, 2.24) is 0 Å². The van der Waals surface area contributed by atoms with Gasteiger partial charge >= 0.3 is 19.8 Å². The molecule has 0 aliphatic carbocycles. The van der Waals surface area contributed by atoms with E-state index in [0.29, 0.717) is 6.42 Å². The lowest BCUT2D eigenvalue weighted by Crippen LogP contribution is -2.29. The predicted octanol–water partition coefficient (Wildman–Crippen LogP) is 15.7. The number of nitrogens with two attached hydrogens (primary N) is 1. The van der Waals surface area contributed by atoms with Gasteiger partial charge in [0.25, 0.3) is 0 Å². The summed E-state index contributed by atoms with van der Waals surface area (Å²) in [5.74, 6) is -0.813. The Bertz CT molecular complexity index is 1010. The van der Waals surface area contributed by atoms with E-state index in [1.807, 2.05) is 0 Å². The second-order valence-electron chi connectivity index (χ2n) is 17.8. The van der Waals surface area contributed by atoms with E-state index in [-0.39, 0.29) is 38.6 Å². The van der Waals surface area contributed by atoms with Crippen molar-refractivity contribution in [2.75, 3.05) is 26.4 Å². The van der Waals surface area contributed by atoms with Crippen molar-refractivity contribution < 1.29 is 37.6 Å². The SMILES string of the molecule is CCCCCCCCC=CCCCCCCCCCCCC(=O)OC(COC(=O)CCCCCCCCCCCCCCCCCCCCCCC)COP(=O)(O)OCCN. The van der Waals surface area contributed by atoms with E-state index in [1.165, 1.54) is 199 Å². The fourth-order valence-electron chi connectivity index (χ4n) is 7.75. The molecule has 2 atom stereocenters. The van der Waals surface area contributed by atoms with Crippen LogP contribution in [0.1, 0.15) is 271 Å². The molecule has 0 rings (SSSR count). The van der Waals surface area contributed by atoms with Gasteiger partial charge in [0.1, 0.15) is 6.61 Å². The minimum Gasteiger partial charge on any atom is -0.462 e. The van der Waals surface area contributed by atoms with E-state index in [0.717, 1.165) is 38.5 Å². The highest BCUT2D eigenvalue weighted by Crippen LogP contribution is 2.43. The van der Waals surface area contributed by atoms with Crippen LogP contribution in [0.2, 0.25) is 0 Å². The Balaban J connectivity index is 3.99. The van der Waals surface area contributed by atoms with Crippen molar-refractivity contribution in [3.05, 3.63) is 12.2 Å². The average Bonchev–Trinajstić information content (AvgIpc) is 3.25. The van der Waals surface area contributed by atoms with Gasteiger partial charge in [-0.3, -0.25) is 18.6 Å². The second kappa shape index (κ2) is 48.2. The smallest absolute Gasteiger partial charge is 0.462 e. The molecule has 0 amide bonds. The first kappa shape index (κ1) is 59.8. The Hall–Kier alpha value is -1.25. The molecule has 10 heteroatoms. The summed E-state index contributed by atoms with van der Waals surface area (Å²) in [7, 11) is -4.38. The number of carbonyl (C=O) groups is 2. The average molecular weight is 886 g/mol. The number of hydrogen-bond donors (Lipinski definition) is 2. The minimum absolute atomic E-state index is 0.0563. The number of unbranched alkanes of at least 4 members (excludes halogenated alkanes) is 35. The Morgan fingerprint density at radius 2 is 0.803 bits per heavy atom. The van der Waals surface area contributed by atoms with Crippen molar-refractivity contribution in [2.45, 2.75) is 277 Å². The minimum atomic E-state index is -4.38. The van der Waals surface area contributed by atoms with Crippen LogP contribution in [0.3, 0.4) is 0 Å². The van der Waals surface area contributed by atoms with Gasteiger partial charge in [-0.1, -0.05) is 231 Å². The Morgan fingerprint density at radius 1 is 0.475 bits per heavy atom. The van der Waals surface area contributed by atoms with Crippen LogP contribution in [-0.4, -0.2) is 49.3 Å². The third-order valence-corrected chi connectivity index (χ3v) is 12.6. The third-order valence-electron chi connectivity index (χ3n) is 11.7. The van der Waals surface area contributed by atoms with Gasteiger partial charge in [-0.15, -0.1) is 0 Å². The highest BCUT2D eigenvalue weighted by atomic mass is 31.2. The highest BCUT2D eigenvalue weighted by Gasteiger charge is 2.26.